The van der Waals surface area contributed by atoms with Gasteiger partial charge in [0, 0.05) is 6.42 Å². The quantitative estimate of drug-likeness (QED) is 0.509. The van der Waals surface area contributed by atoms with Crippen molar-refractivity contribution in [1.29, 1.82) is 0 Å². The van der Waals surface area contributed by atoms with Crippen LogP contribution < -0.4 is 4.74 Å². The molecule has 1 saturated heterocycles. The van der Waals surface area contributed by atoms with Gasteiger partial charge in [-0.3, -0.25) is 0 Å². The van der Waals surface area contributed by atoms with Crippen molar-refractivity contribution < 1.29 is 35.0 Å². The molecule has 5 N–H and O–H groups in total. The molecule has 0 aliphatic carbocycles. The molecule has 2 aromatic rings. The third kappa shape index (κ3) is 4.37. The summed E-state index contributed by atoms with van der Waals surface area (Å²) in [5.41, 5.74) is 1.47. The van der Waals surface area contributed by atoms with Gasteiger partial charge in [0.1, 0.15) is 0 Å². The number of phenolic OH excluding ortho intramolecular Hbond substituents is 4. The van der Waals surface area contributed by atoms with Gasteiger partial charge in [0.05, 0.1) is 25.4 Å². The zero-order valence-electron chi connectivity index (χ0n) is 15.0. The topological polar surface area (TPSA) is 120 Å². The number of methoxy groups -OCH3 is 1. The molecule has 0 aromatic heterocycles. The first-order valence-electron chi connectivity index (χ1n) is 8.81. The Morgan fingerprint density at radius 2 is 1.78 bits per heavy atom. The van der Waals surface area contributed by atoms with Crippen molar-refractivity contribution in [3.8, 4) is 28.7 Å². The van der Waals surface area contributed by atoms with Crippen LogP contribution in [0, 0.1) is 0 Å². The number of phenols is 4. The van der Waals surface area contributed by atoms with Crippen LogP contribution in [-0.2, 0) is 11.2 Å². The lowest BCUT2D eigenvalue weighted by Crippen LogP contribution is -2.31. The molecule has 0 radical (unpaired) electrons. The number of ether oxygens (including phenoxy) is 2. The zero-order chi connectivity index (χ0) is 19.6. The van der Waals surface area contributed by atoms with E-state index in [1.807, 2.05) is 0 Å². The minimum Gasteiger partial charge on any atom is -0.504 e. The second kappa shape index (κ2) is 7.94. The number of hydrogen-bond donors (Lipinski definition) is 5. The normalized spacial score (nSPS) is 22.5. The van der Waals surface area contributed by atoms with Gasteiger partial charge < -0.3 is 35.0 Å². The van der Waals surface area contributed by atoms with E-state index in [0.717, 1.165) is 5.56 Å². The highest BCUT2D eigenvalue weighted by atomic mass is 16.5. The maximum atomic E-state index is 10.2. The first-order chi connectivity index (χ1) is 12.9. The van der Waals surface area contributed by atoms with Gasteiger partial charge in [-0.25, -0.2) is 0 Å². The number of benzene rings is 2. The summed E-state index contributed by atoms with van der Waals surface area (Å²) in [7, 11) is 1.39. The van der Waals surface area contributed by atoms with Crippen molar-refractivity contribution >= 4 is 0 Å². The highest BCUT2D eigenvalue weighted by Gasteiger charge is 2.30. The summed E-state index contributed by atoms with van der Waals surface area (Å²) in [6.07, 6.45) is 0.903. The largest absolute Gasteiger partial charge is 0.504 e. The molecule has 7 heteroatoms. The average Bonchev–Trinajstić information content (AvgIpc) is 2.64. The number of aliphatic hydroxyl groups excluding tert-OH is 1. The smallest absolute Gasteiger partial charge is 0.200 e. The highest BCUT2D eigenvalue weighted by molar-refractivity contribution is 5.52. The molecule has 2 aromatic carbocycles. The van der Waals surface area contributed by atoms with Crippen molar-refractivity contribution in [2.45, 2.75) is 44.0 Å². The van der Waals surface area contributed by atoms with E-state index < -0.39 is 12.2 Å². The van der Waals surface area contributed by atoms with Crippen LogP contribution in [0.5, 0.6) is 28.7 Å². The van der Waals surface area contributed by atoms with Gasteiger partial charge in [0.2, 0.25) is 5.75 Å². The number of aryl methyl sites for hydroxylation is 1. The molecule has 1 fully saturated rings. The molecule has 27 heavy (non-hydrogen) atoms. The van der Waals surface area contributed by atoms with Crippen LogP contribution in [0.15, 0.2) is 30.3 Å². The van der Waals surface area contributed by atoms with E-state index in [9.17, 15) is 25.5 Å². The van der Waals surface area contributed by atoms with E-state index in [-0.39, 0.29) is 34.9 Å². The Labute approximate surface area is 157 Å². The molecule has 0 amide bonds. The van der Waals surface area contributed by atoms with Gasteiger partial charge >= 0.3 is 0 Å². The Morgan fingerprint density at radius 1 is 1.00 bits per heavy atom. The third-order valence-corrected chi connectivity index (χ3v) is 4.84. The molecule has 1 aliphatic rings. The van der Waals surface area contributed by atoms with Crippen LogP contribution in [0.2, 0.25) is 0 Å². The first-order valence-corrected chi connectivity index (χ1v) is 8.81. The fourth-order valence-electron chi connectivity index (χ4n) is 3.40. The lowest BCUT2D eigenvalue weighted by Gasteiger charge is -2.34. The molecule has 3 atom stereocenters. The Bertz CT molecular complexity index is 805. The Balaban J connectivity index is 1.70. The van der Waals surface area contributed by atoms with Gasteiger partial charge in [0.15, 0.2) is 23.0 Å². The van der Waals surface area contributed by atoms with Gasteiger partial charge in [0.25, 0.3) is 0 Å². The van der Waals surface area contributed by atoms with E-state index in [4.69, 9.17) is 9.47 Å². The summed E-state index contributed by atoms with van der Waals surface area (Å²) >= 11 is 0. The SMILES string of the molecule is COc1cc([C@H]2C[C@@H](O)C[C@H](CCc3ccc(O)c(O)c3)O2)cc(O)c1O. The minimum absolute atomic E-state index is 0.143. The van der Waals surface area contributed by atoms with Crippen molar-refractivity contribution in [3.63, 3.8) is 0 Å². The predicted molar refractivity (Wildman–Crippen MR) is 97.3 cm³/mol. The molecular formula is C20H24O7. The molecule has 0 spiro atoms. The van der Waals surface area contributed by atoms with Crippen molar-refractivity contribution in [1.82, 2.24) is 0 Å². The summed E-state index contributed by atoms with van der Waals surface area (Å²) in [4.78, 5) is 0. The van der Waals surface area contributed by atoms with E-state index >= 15 is 0 Å². The van der Waals surface area contributed by atoms with Crippen molar-refractivity contribution in [2.75, 3.05) is 7.11 Å². The molecule has 146 valence electrons. The lowest BCUT2D eigenvalue weighted by molar-refractivity contribution is -0.0999. The van der Waals surface area contributed by atoms with E-state index in [1.54, 1.807) is 12.1 Å². The van der Waals surface area contributed by atoms with Crippen LogP contribution >= 0.6 is 0 Å². The molecule has 1 heterocycles. The van der Waals surface area contributed by atoms with Gasteiger partial charge in [-0.15, -0.1) is 0 Å². The maximum Gasteiger partial charge on any atom is 0.200 e. The lowest BCUT2D eigenvalue weighted by atomic mass is 9.93. The minimum atomic E-state index is -0.552. The van der Waals surface area contributed by atoms with Gasteiger partial charge in [-0.1, -0.05) is 6.07 Å². The second-order valence-corrected chi connectivity index (χ2v) is 6.82. The van der Waals surface area contributed by atoms with Crippen LogP contribution in [-0.4, -0.2) is 44.9 Å². The van der Waals surface area contributed by atoms with Crippen molar-refractivity contribution in [2.24, 2.45) is 0 Å². The van der Waals surface area contributed by atoms with Crippen LogP contribution in [0.25, 0.3) is 0 Å². The second-order valence-electron chi connectivity index (χ2n) is 6.82. The molecule has 1 aliphatic heterocycles. The van der Waals surface area contributed by atoms with E-state index in [1.165, 1.54) is 25.3 Å². The van der Waals surface area contributed by atoms with Crippen LogP contribution in [0.4, 0.5) is 0 Å². The fourth-order valence-corrected chi connectivity index (χ4v) is 3.40. The van der Waals surface area contributed by atoms with Gasteiger partial charge in [-0.05, 0) is 54.7 Å². The standard InChI is InChI=1S/C20H24O7/c1-26-19-8-12(7-17(24)20(19)25)18-10-13(21)9-14(27-18)4-2-11-3-5-15(22)16(23)6-11/h3,5-8,13-14,18,21-25H,2,4,9-10H2,1H3/t13-,14-,18+/m0/s1. The first kappa shape index (κ1) is 19.1. The highest BCUT2D eigenvalue weighted by Crippen LogP contribution is 2.41. The number of aliphatic hydroxyl groups is 1. The maximum absolute atomic E-state index is 10.2. The number of hydrogen-bond acceptors (Lipinski definition) is 7. The third-order valence-electron chi connectivity index (χ3n) is 4.84. The van der Waals surface area contributed by atoms with Crippen LogP contribution in [0.1, 0.15) is 36.5 Å². The summed E-state index contributed by atoms with van der Waals surface area (Å²) in [5.74, 6) is -0.818. The van der Waals surface area contributed by atoms with Crippen molar-refractivity contribution in [3.05, 3.63) is 41.5 Å². The molecule has 7 nitrogen and oxygen atoms in total. The Morgan fingerprint density at radius 3 is 2.48 bits per heavy atom. The average molecular weight is 376 g/mol. The van der Waals surface area contributed by atoms with Gasteiger partial charge in [-0.2, -0.15) is 0 Å². The Hall–Kier alpha value is -2.64. The zero-order valence-corrected chi connectivity index (χ0v) is 15.0. The summed E-state index contributed by atoms with van der Waals surface area (Å²) in [5, 5.41) is 48.9. The predicted octanol–water partition coefficient (Wildman–Crippen LogP) is 2.73. The van der Waals surface area contributed by atoms with E-state index in [0.29, 0.717) is 31.2 Å². The Kier molecular flexibility index (Phi) is 5.62. The summed E-state index contributed by atoms with van der Waals surface area (Å²) < 4.78 is 11.2. The monoisotopic (exact) mass is 376 g/mol. The summed E-state index contributed by atoms with van der Waals surface area (Å²) in [6.45, 7) is 0. The molecule has 0 bridgehead atoms. The number of aromatic hydroxyl groups is 4. The molecular weight excluding hydrogens is 352 g/mol. The van der Waals surface area contributed by atoms with Crippen LogP contribution in [0.3, 0.4) is 0 Å². The molecule has 0 unspecified atom stereocenters. The summed E-state index contributed by atoms with van der Waals surface area (Å²) in [6, 6.07) is 7.68. The number of rotatable bonds is 5. The molecule has 3 rings (SSSR count). The fraction of sp³-hybridized carbons (Fsp3) is 0.400. The molecule has 0 saturated carbocycles. The van der Waals surface area contributed by atoms with E-state index in [2.05, 4.69) is 0 Å².